The number of aliphatic hydroxyl groups is 4. The lowest BCUT2D eigenvalue weighted by Crippen LogP contribution is -2.60. The first-order valence-electron chi connectivity index (χ1n) is 15.3. The minimum Gasteiger partial charge on any atom is -0.394 e. The fourth-order valence-electron chi connectivity index (χ4n) is 6.55. The number of hydrogen-bond acceptors (Lipinski definition) is 9. The number of benzene rings is 2. The van der Waals surface area contributed by atoms with Crippen LogP contribution in [-0.2, 0) is 14.6 Å². The number of fused-ring (bicyclic) bond motifs is 1. The average Bonchev–Trinajstić information content (AvgIpc) is 3.06. The molecule has 2 amide bonds. The Morgan fingerprint density at radius 2 is 1.82 bits per heavy atom. The van der Waals surface area contributed by atoms with Crippen LogP contribution in [0.3, 0.4) is 0 Å². The summed E-state index contributed by atoms with van der Waals surface area (Å²) in [6.07, 6.45) is -2.78. The van der Waals surface area contributed by atoms with E-state index in [1.807, 2.05) is 45.0 Å². The second-order valence-electron chi connectivity index (χ2n) is 12.5. The van der Waals surface area contributed by atoms with Crippen molar-refractivity contribution in [2.75, 3.05) is 36.7 Å². The number of anilines is 2. The summed E-state index contributed by atoms with van der Waals surface area (Å²) in [5.41, 5.74) is 1.46. The molecule has 0 aromatic heterocycles. The van der Waals surface area contributed by atoms with Crippen molar-refractivity contribution in [3.63, 3.8) is 0 Å². The first-order valence-corrected chi connectivity index (χ1v) is 17.0. The van der Waals surface area contributed by atoms with Crippen molar-refractivity contribution in [3.05, 3.63) is 53.6 Å². The van der Waals surface area contributed by atoms with E-state index in [1.165, 1.54) is 0 Å². The van der Waals surface area contributed by atoms with Crippen LogP contribution in [-0.4, -0.2) is 92.0 Å². The van der Waals surface area contributed by atoms with E-state index in [2.05, 4.69) is 10.6 Å². The summed E-state index contributed by atoms with van der Waals surface area (Å²) in [6, 6.07) is 11.5. The van der Waals surface area contributed by atoms with E-state index in [-0.39, 0.29) is 10.6 Å². The molecule has 11 nitrogen and oxygen atoms in total. The Bertz CT molecular complexity index is 1420. The summed E-state index contributed by atoms with van der Waals surface area (Å²) in [6.45, 7) is 5.10. The number of amides is 2. The van der Waals surface area contributed by atoms with Gasteiger partial charge in [-0.3, -0.25) is 0 Å². The van der Waals surface area contributed by atoms with Gasteiger partial charge in [-0.2, -0.15) is 0 Å². The molecule has 1 fully saturated rings. The third-order valence-electron chi connectivity index (χ3n) is 9.38. The second-order valence-corrected chi connectivity index (χ2v) is 14.4. The predicted octanol–water partition coefficient (Wildman–Crippen LogP) is 2.82. The standard InChI is InChI=1S/C32H47N3O8S/c1-6-8-14-32(7-2)18-44(41,42)25-13-12-22(35(4)5)16-23(25)26(29(32)39)20-10-9-11-21(15-20)33-31(40)34-30-28(38)19(3)27(37)24(17-36)43-30/h9-13,15-16,19,24,26-30,36-39H,6-8,14,17-18H2,1-5H3,(H2,33,34,40)/t19-,24+,26+,27-,28+,29+,30+,32+/m0/s1. The molecule has 6 N–H and O–H groups in total. The Kier molecular flexibility index (Phi) is 10.6. The van der Waals surface area contributed by atoms with Crippen LogP contribution in [0.4, 0.5) is 16.2 Å². The molecule has 0 unspecified atom stereocenters. The topological polar surface area (TPSA) is 169 Å². The number of rotatable bonds is 9. The van der Waals surface area contributed by atoms with Crippen molar-refractivity contribution in [1.29, 1.82) is 0 Å². The number of aliphatic hydroxyl groups excluding tert-OH is 4. The molecule has 0 spiro atoms. The number of sulfone groups is 1. The second kappa shape index (κ2) is 13.7. The van der Waals surface area contributed by atoms with Gasteiger partial charge >= 0.3 is 6.03 Å². The summed E-state index contributed by atoms with van der Waals surface area (Å²) in [5, 5.41) is 47.8. The highest BCUT2D eigenvalue weighted by molar-refractivity contribution is 7.91. The van der Waals surface area contributed by atoms with Gasteiger partial charge < -0.3 is 40.7 Å². The summed E-state index contributed by atoms with van der Waals surface area (Å²) < 4.78 is 33.3. The van der Waals surface area contributed by atoms with Crippen LogP contribution < -0.4 is 15.5 Å². The third-order valence-corrected chi connectivity index (χ3v) is 11.4. The molecule has 244 valence electrons. The van der Waals surface area contributed by atoms with Crippen molar-refractivity contribution in [2.45, 2.75) is 87.9 Å². The molecule has 12 heteroatoms. The molecule has 0 saturated carbocycles. The van der Waals surface area contributed by atoms with E-state index in [4.69, 9.17) is 4.74 Å². The van der Waals surface area contributed by atoms with Gasteiger partial charge in [0.05, 0.1) is 29.5 Å². The van der Waals surface area contributed by atoms with Crippen molar-refractivity contribution in [2.24, 2.45) is 11.3 Å². The van der Waals surface area contributed by atoms with Gasteiger partial charge in [-0.1, -0.05) is 45.7 Å². The number of nitrogens with one attached hydrogen (secondary N) is 2. The molecule has 2 heterocycles. The maximum Gasteiger partial charge on any atom is 0.321 e. The van der Waals surface area contributed by atoms with Crippen LogP contribution in [0.2, 0.25) is 0 Å². The summed E-state index contributed by atoms with van der Waals surface area (Å²) in [5.74, 6) is -1.50. The van der Waals surface area contributed by atoms with Gasteiger partial charge in [-0.05, 0) is 54.3 Å². The van der Waals surface area contributed by atoms with Crippen LogP contribution in [0.1, 0.15) is 63.5 Å². The lowest BCUT2D eigenvalue weighted by atomic mass is 9.69. The summed E-state index contributed by atoms with van der Waals surface area (Å²) in [7, 11) is 0.000226. The first kappa shape index (κ1) is 34.1. The Morgan fingerprint density at radius 3 is 2.45 bits per heavy atom. The van der Waals surface area contributed by atoms with Crippen LogP contribution in [0.25, 0.3) is 0 Å². The van der Waals surface area contributed by atoms with Crippen molar-refractivity contribution in [3.8, 4) is 0 Å². The van der Waals surface area contributed by atoms with Gasteiger partial charge in [0.15, 0.2) is 16.1 Å². The van der Waals surface area contributed by atoms with E-state index < -0.39 is 70.4 Å². The van der Waals surface area contributed by atoms with Crippen LogP contribution in [0.5, 0.6) is 0 Å². The molecule has 1 saturated heterocycles. The van der Waals surface area contributed by atoms with Gasteiger partial charge in [0.2, 0.25) is 0 Å². The molecule has 0 bridgehead atoms. The fraction of sp³-hybridized carbons (Fsp3) is 0.594. The number of carbonyl (C=O) groups is 1. The highest BCUT2D eigenvalue weighted by Crippen LogP contribution is 2.49. The minimum absolute atomic E-state index is 0.158. The Labute approximate surface area is 260 Å². The van der Waals surface area contributed by atoms with Crippen LogP contribution in [0.15, 0.2) is 47.4 Å². The molecule has 0 aliphatic carbocycles. The van der Waals surface area contributed by atoms with Gasteiger partial charge in [-0.25, -0.2) is 13.2 Å². The maximum atomic E-state index is 13.9. The number of hydrogen-bond donors (Lipinski definition) is 6. The molecule has 44 heavy (non-hydrogen) atoms. The molecule has 2 aliphatic rings. The van der Waals surface area contributed by atoms with E-state index in [1.54, 1.807) is 37.3 Å². The van der Waals surface area contributed by atoms with Crippen molar-refractivity contribution in [1.82, 2.24) is 5.32 Å². The number of urea groups is 1. The van der Waals surface area contributed by atoms with Gasteiger partial charge in [-0.15, -0.1) is 0 Å². The van der Waals surface area contributed by atoms with E-state index in [9.17, 15) is 33.6 Å². The normalized spacial score (nSPS) is 31.4. The van der Waals surface area contributed by atoms with Gasteiger partial charge in [0.1, 0.15) is 12.2 Å². The van der Waals surface area contributed by atoms with Gasteiger partial charge in [0, 0.05) is 42.7 Å². The molecule has 0 radical (unpaired) electrons. The monoisotopic (exact) mass is 633 g/mol. The third kappa shape index (κ3) is 6.75. The van der Waals surface area contributed by atoms with Gasteiger partial charge in [0.25, 0.3) is 0 Å². The van der Waals surface area contributed by atoms with E-state index in [0.717, 1.165) is 18.5 Å². The van der Waals surface area contributed by atoms with E-state index in [0.29, 0.717) is 29.7 Å². The smallest absolute Gasteiger partial charge is 0.321 e. The molecule has 8 atom stereocenters. The molecular formula is C32H47N3O8S. The zero-order valence-corrected chi connectivity index (χ0v) is 26.9. The molecule has 2 aromatic rings. The lowest BCUT2D eigenvalue weighted by molar-refractivity contribution is -0.209. The minimum atomic E-state index is -3.74. The van der Waals surface area contributed by atoms with Crippen molar-refractivity contribution < 1.29 is 38.4 Å². The largest absolute Gasteiger partial charge is 0.394 e. The zero-order valence-electron chi connectivity index (χ0n) is 26.1. The fourth-order valence-corrected chi connectivity index (χ4v) is 8.80. The molecular weight excluding hydrogens is 586 g/mol. The Morgan fingerprint density at radius 1 is 1.09 bits per heavy atom. The summed E-state index contributed by atoms with van der Waals surface area (Å²) >= 11 is 0. The quantitative estimate of drug-likeness (QED) is 0.243. The van der Waals surface area contributed by atoms with Crippen LogP contribution >= 0.6 is 0 Å². The molecule has 2 aliphatic heterocycles. The molecule has 2 aromatic carbocycles. The number of unbranched alkanes of at least 4 members (excludes halogenated alkanes) is 1. The maximum absolute atomic E-state index is 13.9. The highest BCUT2D eigenvalue weighted by Gasteiger charge is 2.49. The van der Waals surface area contributed by atoms with Crippen LogP contribution in [0, 0.1) is 11.3 Å². The first-order chi connectivity index (χ1) is 20.8. The zero-order chi connectivity index (χ0) is 32.4. The molecule has 4 rings (SSSR count). The van der Waals surface area contributed by atoms with Crippen molar-refractivity contribution >= 4 is 27.2 Å². The number of ether oxygens (including phenoxy) is 1. The Balaban J connectivity index is 1.72. The lowest BCUT2D eigenvalue weighted by Gasteiger charge is -2.41. The predicted molar refractivity (Wildman–Crippen MR) is 168 cm³/mol. The SMILES string of the molecule is CCCC[C@]1(CC)CS(=O)(=O)c2ccc(N(C)C)cc2[C@@H](c2cccc(NC(=O)N[C@@H]3O[C@H](CO)[C@@H](O)[C@H](C)[C@H]3O)c2)[C@H]1O. The van der Waals surface area contributed by atoms with E-state index >= 15 is 0 Å². The number of carbonyl (C=O) groups excluding carboxylic acids is 1. The highest BCUT2D eigenvalue weighted by atomic mass is 32.2. The Hall–Kier alpha value is -2.74. The summed E-state index contributed by atoms with van der Waals surface area (Å²) in [4.78, 5) is 15.1. The number of nitrogens with zero attached hydrogens (tertiary/aromatic N) is 1. The average molecular weight is 634 g/mol.